The van der Waals surface area contributed by atoms with E-state index < -0.39 is 0 Å². The SMILES string of the molecule is CC(C)c1nn(C)c(F)c1C(C)C. The Kier molecular flexibility index (Phi) is 2.74. The molecular formula is C10H17FN2. The maximum absolute atomic E-state index is 13.5. The van der Waals surface area contributed by atoms with Crippen molar-refractivity contribution in [3.05, 3.63) is 17.2 Å². The summed E-state index contributed by atoms with van der Waals surface area (Å²) in [6.45, 7) is 8.05. The molecule has 0 saturated carbocycles. The highest BCUT2D eigenvalue weighted by Crippen LogP contribution is 2.27. The van der Waals surface area contributed by atoms with E-state index >= 15 is 0 Å². The minimum absolute atomic E-state index is 0.196. The average molecular weight is 184 g/mol. The van der Waals surface area contributed by atoms with Crippen LogP contribution in [0.2, 0.25) is 0 Å². The van der Waals surface area contributed by atoms with E-state index in [-0.39, 0.29) is 17.8 Å². The van der Waals surface area contributed by atoms with Crippen LogP contribution >= 0.6 is 0 Å². The normalized spacial score (nSPS) is 11.7. The number of halogens is 1. The lowest BCUT2D eigenvalue weighted by molar-refractivity contribution is 0.490. The quantitative estimate of drug-likeness (QED) is 0.691. The van der Waals surface area contributed by atoms with Gasteiger partial charge in [-0.25, -0.2) is 4.68 Å². The van der Waals surface area contributed by atoms with Crippen LogP contribution < -0.4 is 0 Å². The molecule has 3 heteroatoms. The maximum atomic E-state index is 13.5. The number of nitrogens with zero attached hydrogens (tertiary/aromatic N) is 2. The third-order valence-corrected chi connectivity index (χ3v) is 2.16. The summed E-state index contributed by atoms with van der Waals surface area (Å²) in [5.41, 5.74) is 1.65. The molecule has 0 aliphatic rings. The van der Waals surface area contributed by atoms with Gasteiger partial charge in [-0.2, -0.15) is 9.49 Å². The third kappa shape index (κ3) is 1.74. The van der Waals surface area contributed by atoms with E-state index in [0.29, 0.717) is 0 Å². The molecule has 2 nitrogen and oxygen atoms in total. The molecule has 0 amide bonds. The Labute approximate surface area is 78.8 Å². The zero-order valence-electron chi connectivity index (χ0n) is 8.93. The van der Waals surface area contributed by atoms with Crippen LogP contribution in [-0.2, 0) is 7.05 Å². The molecule has 1 aromatic rings. The van der Waals surface area contributed by atoms with Crippen LogP contribution in [0, 0.1) is 5.95 Å². The largest absolute Gasteiger partial charge is 0.242 e. The van der Waals surface area contributed by atoms with Crippen molar-refractivity contribution in [2.75, 3.05) is 0 Å². The number of aromatic nitrogens is 2. The highest BCUT2D eigenvalue weighted by Gasteiger charge is 2.20. The molecule has 0 unspecified atom stereocenters. The van der Waals surface area contributed by atoms with Gasteiger partial charge >= 0.3 is 0 Å². The zero-order valence-corrected chi connectivity index (χ0v) is 8.93. The Bertz CT molecular complexity index is 300. The van der Waals surface area contributed by atoms with Crippen molar-refractivity contribution in [1.29, 1.82) is 0 Å². The average Bonchev–Trinajstić information content (AvgIpc) is 2.28. The smallest absolute Gasteiger partial charge is 0.214 e. The molecule has 0 N–H and O–H groups in total. The molecule has 1 rings (SSSR count). The second-order valence-electron chi connectivity index (χ2n) is 4.02. The highest BCUT2D eigenvalue weighted by atomic mass is 19.1. The fraction of sp³-hybridized carbons (Fsp3) is 0.700. The van der Waals surface area contributed by atoms with Gasteiger partial charge in [0.05, 0.1) is 5.69 Å². The van der Waals surface area contributed by atoms with E-state index in [4.69, 9.17) is 0 Å². The van der Waals surface area contributed by atoms with Crippen LogP contribution in [0.25, 0.3) is 0 Å². The molecule has 1 heterocycles. The van der Waals surface area contributed by atoms with E-state index in [1.54, 1.807) is 7.05 Å². The van der Waals surface area contributed by atoms with E-state index in [0.717, 1.165) is 11.3 Å². The lowest BCUT2D eigenvalue weighted by atomic mass is 9.98. The molecule has 0 spiro atoms. The first-order valence-corrected chi connectivity index (χ1v) is 4.67. The van der Waals surface area contributed by atoms with Gasteiger partial charge in [0.2, 0.25) is 5.95 Å². The van der Waals surface area contributed by atoms with E-state index in [1.807, 2.05) is 27.7 Å². The van der Waals surface area contributed by atoms with Crippen LogP contribution in [0.15, 0.2) is 0 Å². The Morgan fingerprint density at radius 2 is 1.69 bits per heavy atom. The molecule has 13 heavy (non-hydrogen) atoms. The lowest BCUT2D eigenvalue weighted by Crippen LogP contribution is -1.97. The monoisotopic (exact) mass is 184 g/mol. The number of hydrogen-bond acceptors (Lipinski definition) is 1. The van der Waals surface area contributed by atoms with Crippen LogP contribution in [0.1, 0.15) is 50.8 Å². The summed E-state index contributed by atoms with van der Waals surface area (Å²) >= 11 is 0. The minimum atomic E-state index is -0.196. The first-order chi connectivity index (χ1) is 5.95. The maximum Gasteiger partial charge on any atom is 0.214 e. The number of aryl methyl sites for hydroxylation is 1. The second-order valence-corrected chi connectivity index (χ2v) is 4.02. The Morgan fingerprint density at radius 1 is 1.15 bits per heavy atom. The molecule has 0 bridgehead atoms. The molecule has 0 radical (unpaired) electrons. The number of hydrogen-bond donors (Lipinski definition) is 0. The molecule has 0 atom stereocenters. The third-order valence-electron chi connectivity index (χ3n) is 2.16. The van der Waals surface area contributed by atoms with Crippen molar-refractivity contribution >= 4 is 0 Å². The van der Waals surface area contributed by atoms with Gasteiger partial charge in [-0.3, -0.25) is 0 Å². The molecular weight excluding hydrogens is 167 g/mol. The van der Waals surface area contributed by atoms with Gasteiger partial charge < -0.3 is 0 Å². The Hall–Kier alpha value is -0.860. The second kappa shape index (κ2) is 3.48. The Balaban J connectivity index is 3.27. The van der Waals surface area contributed by atoms with Gasteiger partial charge in [0.25, 0.3) is 0 Å². The van der Waals surface area contributed by atoms with Crippen molar-refractivity contribution in [2.24, 2.45) is 7.05 Å². The number of rotatable bonds is 2. The first-order valence-electron chi connectivity index (χ1n) is 4.67. The predicted molar refractivity (Wildman–Crippen MR) is 51.3 cm³/mol. The molecule has 0 aliphatic carbocycles. The minimum Gasteiger partial charge on any atom is -0.242 e. The van der Waals surface area contributed by atoms with Crippen molar-refractivity contribution < 1.29 is 4.39 Å². The van der Waals surface area contributed by atoms with E-state index in [2.05, 4.69) is 5.10 Å². The fourth-order valence-corrected chi connectivity index (χ4v) is 1.50. The first kappa shape index (κ1) is 10.2. The summed E-state index contributed by atoms with van der Waals surface area (Å²) < 4.78 is 14.9. The van der Waals surface area contributed by atoms with Crippen LogP contribution in [-0.4, -0.2) is 9.78 Å². The van der Waals surface area contributed by atoms with E-state index in [9.17, 15) is 4.39 Å². The highest BCUT2D eigenvalue weighted by molar-refractivity contribution is 5.24. The van der Waals surface area contributed by atoms with E-state index in [1.165, 1.54) is 4.68 Å². The molecule has 0 aromatic carbocycles. The van der Waals surface area contributed by atoms with Gasteiger partial charge in [-0.05, 0) is 11.8 Å². The van der Waals surface area contributed by atoms with Gasteiger partial charge in [-0.15, -0.1) is 0 Å². The molecule has 0 saturated heterocycles. The Morgan fingerprint density at radius 3 is 2.00 bits per heavy atom. The summed E-state index contributed by atoms with van der Waals surface area (Å²) in [5.74, 6) is 0.290. The van der Waals surface area contributed by atoms with Gasteiger partial charge in [0.1, 0.15) is 0 Å². The topological polar surface area (TPSA) is 17.8 Å². The summed E-state index contributed by atoms with van der Waals surface area (Å²) in [6.07, 6.45) is 0. The summed E-state index contributed by atoms with van der Waals surface area (Å²) in [5, 5.41) is 4.17. The van der Waals surface area contributed by atoms with Crippen LogP contribution in [0.5, 0.6) is 0 Å². The van der Waals surface area contributed by atoms with Crippen LogP contribution in [0.3, 0.4) is 0 Å². The molecule has 1 aromatic heterocycles. The van der Waals surface area contributed by atoms with Gasteiger partial charge in [0.15, 0.2) is 0 Å². The summed E-state index contributed by atoms with van der Waals surface area (Å²) in [4.78, 5) is 0. The fourth-order valence-electron chi connectivity index (χ4n) is 1.50. The lowest BCUT2D eigenvalue weighted by Gasteiger charge is -2.07. The van der Waals surface area contributed by atoms with Gasteiger partial charge in [-0.1, -0.05) is 27.7 Å². The molecule has 74 valence electrons. The molecule has 0 fully saturated rings. The summed E-state index contributed by atoms with van der Waals surface area (Å²) in [6, 6.07) is 0. The van der Waals surface area contributed by atoms with Crippen molar-refractivity contribution in [1.82, 2.24) is 9.78 Å². The standard InChI is InChI=1S/C10H17FN2/c1-6(2)8-9(7(3)4)12-13(5)10(8)11/h6-7H,1-5H3. The zero-order chi connectivity index (χ0) is 10.2. The molecule has 0 aliphatic heterocycles. The summed E-state index contributed by atoms with van der Waals surface area (Å²) in [7, 11) is 1.65. The van der Waals surface area contributed by atoms with Crippen molar-refractivity contribution in [3.8, 4) is 0 Å². The van der Waals surface area contributed by atoms with Gasteiger partial charge in [0, 0.05) is 12.6 Å². The van der Waals surface area contributed by atoms with Crippen molar-refractivity contribution in [2.45, 2.75) is 39.5 Å². The predicted octanol–water partition coefficient (Wildman–Crippen LogP) is 2.81. The van der Waals surface area contributed by atoms with Crippen molar-refractivity contribution in [3.63, 3.8) is 0 Å². The van der Waals surface area contributed by atoms with Crippen LogP contribution in [0.4, 0.5) is 4.39 Å².